The standard InChI is InChI=1S/C35H26N2/c36-25-33(27-13-5-1-6-14-27)28-21-23-32(24-22-28)35(30-17-9-3-10-18-30,31-19-11-4-12-20-31)34(26-37)29-15-7-2-8-16-29/h1-24,33-34H/t33-,34+/m1/s1. The van der Waals surface area contributed by atoms with Crippen LogP contribution in [0.5, 0.6) is 0 Å². The molecule has 176 valence electrons. The van der Waals surface area contributed by atoms with Crippen molar-refractivity contribution in [2.75, 3.05) is 0 Å². The molecule has 5 aromatic rings. The maximum atomic E-state index is 10.7. The van der Waals surface area contributed by atoms with Crippen LogP contribution >= 0.6 is 0 Å². The minimum Gasteiger partial charge on any atom is -0.198 e. The van der Waals surface area contributed by atoms with Crippen molar-refractivity contribution in [1.29, 1.82) is 10.5 Å². The quantitative estimate of drug-likeness (QED) is 0.224. The molecule has 0 N–H and O–H groups in total. The maximum Gasteiger partial charge on any atom is 0.0962 e. The van der Waals surface area contributed by atoms with E-state index in [-0.39, 0.29) is 5.92 Å². The summed E-state index contributed by atoms with van der Waals surface area (Å²) in [6.45, 7) is 0. The van der Waals surface area contributed by atoms with E-state index in [0.717, 1.165) is 33.4 Å². The zero-order valence-corrected chi connectivity index (χ0v) is 20.4. The topological polar surface area (TPSA) is 47.6 Å². The first-order valence-electron chi connectivity index (χ1n) is 12.4. The minimum absolute atomic E-state index is 0.362. The van der Waals surface area contributed by atoms with E-state index in [4.69, 9.17) is 0 Å². The Morgan fingerprint density at radius 1 is 0.405 bits per heavy atom. The van der Waals surface area contributed by atoms with Gasteiger partial charge in [0.2, 0.25) is 0 Å². The Labute approximate surface area is 218 Å². The summed E-state index contributed by atoms with van der Waals surface area (Å²) in [5.41, 5.74) is 5.20. The van der Waals surface area contributed by atoms with Crippen molar-refractivity contribution in [3.8, 4) is 12.1 Å². The van der Waals surface area contributed by atoms with Gasteiger partial charge >= 0.3 is 0 Å². The molecule has 0 amide bonds. The molecule has 0 saturated heterocycles. The predicted molar refractivity (Wildman–Crippen MR) is 148 cm³/mol. The molecule has 2 heteroatoms. The van der Waals surface area contributed by atoms with E-state index in [1.54, 1.807) is 0 Å². The van der Waals surface area contributed by atoms with E-state index in [9.17, 15) is 10.5 Å². The van der Waals surface area contributed by atoms with Crippen LogP contribution in [0.2, 0.25) is 0 Å². The number of hydrogen-bond donors (Lipinski definition) is 0. The highest BCUT2D eigenvalue weighted by Gasteiger charge is 2.45. The smallest absolute Gasteiger partial charge is 0.0962 e. The van der Waals surface area contributed by atoms with Crippen molar-refractivity contribution in [3.05, 3.63) is 179 Å². The van der Waals surface area contributed by atoms with Crippen LogP contribution in [0.4, 0.5) is 0 Å². The first kappa shape index (κ1) is 23.8. The molecule has 0 bridgehead atoms. The SMILES string of the molecule is N#C[C@H](c1ccccc1)c1ccc(C(c2ccccc2)(c2ccccc2)[C@@H](C#N)c2ccccc2)cc1. The first-order valence-corrected chi connectivity index (χ1v) is 12.4. The van der Waals surface area contributed by atoms with Crippen LogP contribution in [0, 0.1) is 22.7 Å². The Bertz CT molecular complexity index is 1470. The lowest BCUT2D eigenvalue weighted by atomic mass is 9.60. The van der Waals surface area contributed by atoms with Crippen LogP contribution in [0.1, 0.15) is 45.2 Å². The van der Waals surface area contributed by atoms with Crippen molar-refractivity contribution in [1.82, 2.24) is 0 Å². The lowest BCUT2D eigenvalue weighted by Gasteiger charge is -2.40. The van der Waals surface area contributed by atoms with E-state index in [0.29, 0.717) is 0 Å². The Hall–Kier alpha value is -4.92. The van der Waals surface area contributed by atoms with Crippen molar-refractivity contribution >= 4 is 0 Å². The average molecular weight is 475 g/mol. The van der Waals surface area contributed by atoms with E-state index in [1.165, 1.54) is 0 Å². The van der Waals surface area contributed by atoms with Gasteiger partial charge in [0.25, 0.3) is 0 Å². The van der Waals surface area contributed by atoms with Crippen LogP contribution in [-0.2, 0) is 5.41 Å². The van der Waals surface area contributed by atoms with Gasteiger partial charge in [-0.2, -0.15) is 10.5 Å². The molecule has 0 aliphatic carbocycles. The van der Waals surface area contributed by atoms with Gasteiger partial charge in [0.15, 0.2) is 0 Å². The van der Waals surface area contributed by atoms with Crippen LogP contribution in [-0.4, -0.2) is 0 Å². The van der Waals surface area contributed by atoms with Crippen LogP contribution in [0.3, 0.4) is 0 Å². The third-order valence-corrected chi connectivity index (χ3v) is 7.11. The van der Waals surface area contributed by atoms with Gasteiger partial charge in [0, 0.05) is 0 Å². The molecule has 37 heavy (non-hydrogen) atoms. The van der Waals surface area contributed by atoms with E-state index in [1.807, 2.05) is 109 Å². The van der Waals surface area contributed by atoms with Gasteiger partial charge in [0.1, 0.15) is 0 Å². The number of hydrogen-bond acceptors (Lipinski definition) is 2. The number of benzene rings is 5. The fourth-order valence-electron chi connectivity index (χ4n) is 5.39. The van der Waals surface area contributed by atoms with Crippen molar-refractivity contribution in [3.63, 3.8) is 0 Å². The zero-order valence-electron chi connectivity index (χ0n) is 20.4. The molecule has 2 atom stereocenters. The Morgan fingerprint density at radius 2 is 0.784 bits per heavy atom. The summed E-state index contributed by atoms with van der Waals surface area (Å²) in [6.07, 6.45) is 0. The van der Waals surface area contributed by atoms with Crippen molar-refractivity contribution in [2.24, 2.45) is 0 Å². The molecule has 0 aliphatic heterocycles. The largest absolute Gasteiger partial charge is 0.198 e. The predicted octanol–water partition coefficient (Wildman–Crippen LogP) is 7.98. The lowest BCUT2D eigenvalue weighted by Crippen LogP contribution is -2.36. The third kappa shape index (κ3) is 4.42. The molecule has 0 aliphatic rings. The molecule has 0 radical (unpaired) electrons. The van der Waals surface area contributed by atoms with Crippen LogP contribution < -0.4 is 0 Å². The van der Waals surface area contributed by atoms with Gasteiger partial charge < -0.3 is 0 Å². The van der Waals surface area contributed by atoms with E-state index >= 15 is 0 Å². The lowest BCUT2D eigenvalue weighted by molar-refractivity contribution is 0.558. The summed E-state index contributed by atoms with van der Waals surface area (Å²) in [7, 11) is 0. The molecule has 2 nitrogen and oxygen atoms in total. The van der Waals surface area contributed by atoms with Crippen molar-refractivity contribution in [2.45, 2.75) is 17.3 Å². The molecule has 0 spiro atoms. The molecule has 0 unspecified atom stereocenters. The zero-order chi connectivity index (χ0) is 25.5. The highest BCUT2D eigenvalue weighted by atomic mass is 14.5. The number of rotatable bonds is 7. The summed E-state index contributed by atoms with van der Waals surface area (Å²) in [5.74, 6) is -0.843. The third-order valence-electron chi connectivity index (χ3n) is 7.11. The van der Waals surface area contributed by atoms with Crippen LogP contribution in [0.15, 0.2) is 146 Å². The molecule has 0 aromatic heterocycles. The summed E-state index contributed by atoms with van der Waals surface area (Å²) < 4.78 is 0. The van der Waals surface area contributed by atoms with Gasteiger partial charge in [-0.05, 0) is 33.4 Å². The second-order valence-electron chi connectivity index (χ2n) is 9.11. The summed E-state index contributed by atoms with van der Waals surface area (Å²) in [5, 5.41) is 20.7. The molecular formula is C35H26N2. The Kier molecular flexibility index (Phi) is 6.93. The van der Waals surface area contributed by atoms with Gasteiger partial charge in [-0.1, -0.05) is 146 Å². The minimum atomic E-state index is -0.758. The fourth-order valence-corrected chi connectivity index (χ4v) is 5.39. The Morgan fingerprint density at radius 3 is 1.22 bits per heavy atom. The fraction of sp³-hybridized carbons (Fsp3) is 0.0857. The maximum absolute atomic E-state index is 10.7. The average Bonchev–Trinajstić information content (AvgIpc) is 2.99. The van der Waals surface area contributed by atoms with E-state index < -0.39 is 11.3 Å². The van der Waals surface area contributed by atoms with Gasteiger partial charge in [-0.15, -0.1) is 0 Å². The van der Waals surface area contributed by atoms with Gasteiger partial charge in [0.05, 0.1) is 29.4 Å². The monoisotopic (exact) mass is 474 g/mol. The molecular weight excluding hydrogens is 448 g/mol. The summed E-state index contributed by atoms with van der Waals surface area (Å²) in [4.78, 5) is 0. The normalized spacial score (nSPS) is 12.6. The van der Waals surface area contributed by atoms with Gasteiger partial charge in [-0.3, -0.25) is 0 Å². The second-order valence-corrected chi connectivity index (χ2v) is 9.11. The number of nitriles is 2. The second kappa shape index (κ2) is 10.8. The molecule has 0 saturated carbocycles. The highest BCUT2D eigenvalue weighted by Crippen LogP contribution is 2.49. The summed E-state index contributed by atoms with van der Waals surface area (Å²) >= 11 is 0. The molecule has 0 fully saturated rings. The molecule has 0 heterocycles. The highest BCUT2D eigenvalue weighted by molar-refractivity contribution is 5.57. The van der Waals surface area contributed by atoms with Gasteiger partial charge in [-0.25, -0.2) is 0 Å². The Balaban J connectivity index is 1.76. The van der Waals surface area contributed by atoms with E-state index in [2.05, 4.69) is 48.5 Å². The summed E-state index contributed by atoms with van der Waals surface area (Å²) in [6, 6.07) is 53.8. The molecule has 5 rings (SSSR count). The number of nitrogens with zero attached hydrogens (tertiary/aromatic N) is 2. The van der Waals surface area contributed by atoms with Crippen LogP contribution in [0.25, 0.3) is 0 Å². The molecule has 5 aromatic carbocycles. The first-order chi connectivity index (χ1) is 18.3. The van der Waals surface area contributed by atoms with Crippen molar-refractivity contribution < 1.29 is 0 Å².